The van der Waals surface area contributed by atoms with Crippen molar-refractivity contribution in [3.63, 3.8) is 0 Å². The maximum Gasteiger partial charge on any atom is 0.211 e. The van der Waals surface area contributed by atoms with Crippen molar-refractivity contribution in [3.8, 4) is 0 Å². The Hall–Kier alpha value is 0.160. The lowest BCUT2D eigenvalue weighted by molar-refractivity contribution is 0.294. The van der Waals surface area contributed by atoms with Gasteiger partial charge >= 0.3 is 0 Å². The topological polar surface area (TPSA) is 72.2 Å². The second-order valence-electron chi connectivity index (χ2n) is 4.26. The summed E-state index contributed by atoms with van der Waals surface area (Å²) >= 11 is 0. The van der Waals surface area contributed by atoms with Gasteiger partial charge in [0.1, 0.15) is 0 Å². The summed E-state index contributed by atoms with van der Waals surface area (Å²) < 4.78 is 25.6. The summed E-state index contributed by atoms with van der Waals surface area (Å²) in [4.78, 5) is 0. The lowest BCUT2D eigenvalue weighted by Crippen LogP contribution is -2.46. The lowest BCUT2D eigenvalue weighted by Gasteiger charge is -2.29. The molecule has 3 N–H and O–H groups in total. The van der Waals surface area contributed by atoms with Gasteiger partial charge in [0.05, 0.1) is 5.75 Å². The predicted octanol–water partition coefficient (Wildman–Crippen LogP) is 1.26. The predicted molar refractivity (Wildman–Crippen MR) is 69.3 cm³/mol. The standard InChI is InChI=1S/C10H22N2O2S.ClH/c1-2-15(13,14)12-10(8-11)9-6-4-3-5-7-9;/h9-10,12H,2-8,11H2,1H3;1H. The fourth-order valence-corrected chi connectivity index (χ4v) is 3.10. The molecule has 0 aromatic rings. The summed E-state index contributed by atoms with van der Waals surface area (Å²) in [6, 6.07) is -0.0600. The van der Waals surface area contributed by atoms with Gasteiger partial charge in [0.2, 0.25) is 10.0 Å². The van der Waals surface area contributed by atoms with Crippen LogP contribution in [0.4, 0.5) is 0 Å². The Morgan fingerprint density at radius 2 is 1.88 bits per heavy atom. The van der Waals surface area contributed by atoms with E-state index < -0.39 is 10.0 Å². The van der Waals surface area contributed by atoms with Crippen molar-refractivity contribution in [1.29, 1.82) is 0 Å². The van der Waals surface area contributed by atoms with Crippen molar-refractivity contribution < 1.29 is 8.42 Å². The number of hydrogen-bond acceptors (Lipinski definition) is 3. The Morgan fingerprint density at radius 1 is 1.31 bits per heavy atom. The Kier molecular flexibility index (Phi) is 7.55. The highest BCUT2D eigenvalue weighted by Gasteiger charge is 2.25. The molecule has 0 aromatic carbocycles. The molecule has 0 aromatic heterocycles. The second-order valence-corrected chi connectivity index (χ2v) is 6.30. The van der Waals surface area contributed by atoms with Crippen LogP contribution < -0.4 is 10.5 Å². The third kappa shape index (κ3) is 4.99. The van der Waals surface area contributed by atoms with Crippen LogP contribution in [0.2, 0.25) is 0 Å². The molecule has 0 spiro atoms. The molecular weight excluding hydrogens is 248 g/mol. The van der Waals surface area contributed by atoms with Crippen molar-refractivity contribution in [1.82, 2.24) is 4.72 Å². The molecule has 0 aliphatic heterocycles. The summed E-state index contributed by atoms with van der Waals surface area (Å²) in [5.41, 5.74) is 5.64. The van der Waals surface area contributed by atoms with Crippen molar-refractivity contribution in [3.05, 3.63) is 0 Å². The first-order valence-electron chi connectivity index (χ1n) is 5.79. The smallest absolute Gasteiger partial charge is 0.211 e. The molecule has 0 radical (unpaired) electrons. The third-order valence-electron chi connectivity index (χ3n) is 3.18. The minimum atomic E-state index is -3.11. The Labute approximate surface area is 105 Å². The second kappa shape index (κ2) is 7.48. The van der Waals surface area contributed by atoms with Crippen LogP contribution in [0.3, 0.4) is 0 Å². The summed E-state index contributed by atoms with van der Waals surface area (Å²) in [6.45, 7) is 2.06. The van der Waals surface area contributed by atoms with E-state index in [1.54, 1.807) is 6.92 Å². The molecule has 0 saturated heterocycles. The van der Waals surface area contributed by atoms with Crippen molar-refractivity contribution in [2.45, 2.75) is 45.1 Å². The number of sulfonamides is 1. The van der Waals surface area contributed by atoms with Gasteiger partial charge in [0.15, 0.2) is 0 Å². The molecule has 98 valence electrons. The highest BCUT2D eigenvalue weighted by atomic mass is 35.5. The summed E-state index contributed by atoms with van der Waals surface area (Å²) in [7, 11) is -3.11. The number of nitrogens with one attached hydrogen (secondary N) is 1. The van der Waals surface area contributed by atoms with Crippen LogP contribution in [-0.4, -0.2) is 26.8 Å². The summed E-state index contributed by atoms with van der Waals surface area (Å²) in [5.74, 6) is 0.570. The number of rotatable bonds is 5. The maximum atomic E-state index is 11.4. The van der Waals surface area contributed by atoms with Crippen LogP contribution >= 0.6 is 12.4 Å². The zero-order valence-electron chi connectivity index (χ0n) is 9.81. The molecule has 16 heavy (non-hydrogen) atoms. The molecule has 1 saturated carbocycles. The Morgan fingerprint density at radius 3 is 2.31 bits per heavy atom. The van der Waals surface area contributed by atoms with Crippen LogP contribution in [0.15, 0.2) is 0 Å². The van der Waals surface area contributed by atoms with Gasteiger partial charge in [-0.1, -0.05) is 19.3 Å². The fraction of sp³-hybridized carbons (Fsp3) is 1.00. The van der Waals surface area contributed by atoms with E-state index >= 15 is 0 Å². The van der Waals surface area contributed by atoms with Crippen molar-refractivity contribution >= 4 is 22.4 Å². The SMILES string of the molecule is CCS(=O)(=O)NC(CN)C1CCCCC1.Cl. The van der Waals surface area contributed by atoms with E-state index in [0.29, 0.717) is 12.5 Å². The van der Waals surface area contributed by atoms with Gasteiger partial charge in [-0.15, -0.1) is 12.4 Å². The molecule has 1 aliphatic carbocycles. The van der Waals surface area contributed by atoms with Crippen LogP contribution in [-0.2, 0) is 10.0 Å². The molecule has 1 atom stereocenters. The molecule has 1 unspecified atom stereocenters. The molecule has 0 bridgehead atoms. The van der Waals surface area contributed by atoms with Crippen LogP contribution in [0.5, 0.6) is 0 Å². The van der Waals surface area contributed by atoms with Crippen LogP contribution in [0.25, 0.3) is 0 Å². The molecule has 0 amide bonds. The highest BCUT2D eigenvalue weighted by Crippen LogP contribution is 2.26. The zero-order valence-corrected chi connectivity index (χ0v) is 11.4. The third-order valence-corrected chi connectivity index (χ3v) is 4.61. The average Bonchev–Trinajstić information content (AvgIpc) is 2.27. The minimum absolute atomic E-state index is 0. The molecular formula is C10H23ClN2O2S. The van der Waals surface area contributed by atoms with E-state index in [-0.39, 0.29) is 24.2 Å². The molecule has 0 heterocycles. The van der Waals surface area contributed by atoms with Crippen LogP contribution in [0.1, 0.15) is 39.0 Å². The first-order chi connectivity index (χ1) is 7.09. The molecule has 1 rings (SSSR count). The van der Waals surface area contributed by atoms with Crippen molar-refractivity contribution in [2.24, 2.45) is 11.7 Å². The first kappa shape index (κ1) is 16.2. The van der Waals surface area contributed by atoms with Crippen LogP contribution in [0, 0.1) is 5.92 Å². The number of nitrogens with two attached hydrogens (primary N) is 1. The normalized spacial score (nSPS) is 20.1. The van der Waals surface area contributed by atoms with Gasteiger partial charge in [-0.3, -0.25) is 0 Å². The fourth-order valence-electron chi connectivity index (χ4n) is 2.19. The van der Waals surface area contributed by atoms with E-state index in [1.165, 1.54) is 19.3 Å². The Balaban J connectivity index is 0.00000225. The lowest BCUT2D eigenvalue weighted by atomic mass is 9.84. The molecule has 4 nitrogen and oxygen atoms in total. The molecule has 1 fully saturated rings. The van der Waals surface area contributed by atoms with E-state index in [9.17, 15) is 8.42 Å². The van der Waals surface area contributed by atoms with Gasteiger partial charge in [0.25, 0.3) is 0 Å². The largest absolute Gasteiger partial charge is 0.329 e. The Bertz CT molecular complexity index is 277. The van der Waals surface area contributed by atoms with Gasteiger partial charge in [-0.25, -0.2) is 13.1 Å². The monoisotopic (exact) mass is 270 g/mol. The molecule has 1 aliphatic rings. The maximum absolute atomic E-state index is 11.4. The van der Waals surface area contributed by atoms with Gasteiger partial charge in [-0.05, 0) is 25.7 Å². The highest BCUT2D eigenvalue weighted by molar-refractivity contribution is 7.89. The van der Waals surface area contributed by atoms with E-state index in [2.05, 4.69) is 4.72 Å². The summed E-state index contributed by atoms with van der Waals surface area (Å²) in [5, 5.41) is 0. The van der Waals surface area contributed by atoms with Crippen molar-refractivity contribution in [2.75, 3.05) is 12.3 Å². The number of halogens is 1. The van der Waals surface area contributed by atoms with Gasteiger partial charge < -0.3 is 5.73 Å². The zero-order chi connectivity index (χ0) is 11.3. The van der Waals surface area contributed by atoms with Gasteiger partial charge in [-0.2, -0.15) is 0 Å². The van der Waals surface area contributed by atoms with E-state index in [4.69, 9.17) is 5.73 Å². The summed E-state index contributed by atoms with van der Waals surface area (Å²) in [6.07, 6.45) is 5.89. The van der Waals surface area contributed by atoms with Gasteiger partial charge in [0, 0.05) is 12.6 Å². The average molecular weight is 271 g/mol. The van der Waals surface area contributed by atoms with E-state index in [1.807, 2.05) is 0 Å². The molecule has 6 heteroatoms. The number of hydrogen-bond donors (Lipinski definition) is 2. The first-order valence-corrected chi connectivity index (χ1v) is 7.44. The van der Waals surface area contributed by atoms with E-state index in [0.717, 1.165) is 12.8 Å². The minimum Gasteiger partial charge on any atom is -0.329 e. The quantitative estimate of drug-likeness (QED) is 0.790.